The molecule has 0 N–H and O–H groups in total. The van der Waals surface area contributed by atoms with Crippen molar-refractivity contribution in [3.8, 4) is 0 Å². The van der Waals surface area contributed by atoms with Crippen LogP contribution in [0, 0.1) is 0 Å². The number of carbonyl (C=O) groups is 1. The molecule has 3 rings (SSSR count). The Balaban J connectivity index is 0.000000368. The summed E-state index contributed by atoms with van der Waals surface area (Å²) < 4.78 is 4.59. The molecule has 0 atom stereocenters. The third-order valence-electron chi connectivity index (χ3n) is 3.48. The summed E-state index contributed by atoms with van der Waals surface area (Å²) >= 11 is -1.98. The Morgan fingerprint density at radius 3 is 1.17 bits per heavy atom. The number of carboxylic acids is 1. The second kappa shape index (κ2) is 9.93. The van der Waals surface area contributed by atoms with Gasteiger partial charge in [0, 0.05) is 5.97 Å². The minimum absolute atomic E-state index is 0.111. The monoisotopic (exact) mass is 424 g/mol. The van der Waals surface area contributed by atoms with Gasteiger partial charge in [-0.2, -0.15) is 0 Å². The van der Waals surface area contributed by atoms with E-state index in [-0.39, 0.29) is 6.42 Å². The molecule has 0 saturated carbocycles. The van der Waals surface area contributed by atoms with E-state index in [0.717, 1.165) is 0 Å². The number of carbonyl (C=O) groups excluding carboxylic acids is 1. The molecular weight excluding hydrogens is 403 g/mol. The molecule has 0 radical (unpaired) electrons. The number of carboxylic acid groups (broad SMARTS) is 1. The second-order valence-electron chi connectivity index (χ2n) is 5.20. The molecule has 0 aliphatic carbocycles. The van der Waals surface area contributed by atoms with E-state index >= 15 is 0 Å². The van der Waals surface area contributed by atoms with Crippen molar-refractivity contribution in [1.82, 2.24) is 0 Å². The van der Waals surface area contributed by atoms with Crippen LogP contribution in [0.5, 0.6) is 0 Å². The summed E-state index contributed by atoms with van der Waals surface area (Å²) in [5.41, 5.74) is 0. The van der Waals surface area contributed by atoms with E-state index in [9.17, 15) is 9.90 Å². The van der Waals surface area contributed by atoms with Crippen molar-refractivity contribution in [2.75, 3.05) is 0 Å². The van der Waals surface area contributed by atoms with Crippen LogP contribution in [0.3, 0.4) is 0 Å². The summed E-state index contributed by atoms with van der Waals surface area (Å²) in [6, 6.07) is 32.9. The van der Waals surface area contributed by atoms with Gasteiger partial charge in [0.1, 0.15) is 0 Å². The Morgan fingerprint density at radius 2 is 0.958 bits per heavy atom. The Bertz CT molecular complexity index is 634. The van der Waals surface area contributed by atoms with Gasteiger partial charge in [-0.25, -0.2) is 0 Å². The number of rotatable bonds is 4. The zero-order valence-electron chi connectivity index (χ0n) is 13.7. The molecule has 0 aliphatic heterocycles. The van der Waals surface area contributed by atoms with E-state index in [1.54, 1.807) is 0 Å². The third kappa shape index (κ3) is 5.53. The molecule has 0 bridgehead atoms. The zero-order valence-corrected chi connectivity index (χ0v) is 16.5. The van der Waals surface area contributed by atoms with Crippen LogP contribution in [0.15, 0.2) is 91.0 Å². The molecule has 0 amide bonds. The molecule has 3 aromatic carbocycles. The van der Waals surface area contributed by atoms with Gasteiger partial charge < -0.3 is 9.90 Å². The Hall–Kier alpha value is -2.07. The van der Waals surface area contributed by atoms with Crippen LogP contribution in [-0.2, 0) is 4.79 Å². The summed E-state index contributed by atoms with van der Waals surface area (Å²) in [7, 11) is 0. The molecule has 3 heteroatoms. The maximum absolute atomic E-state index is 9.26. The van der Waals surface area contributed by atoms with E-state index in [1.807, 2.05) is 0 Å². The van der Waals surface area contributed by atoms with Crippen LogP contribution in [-0.4, -0.2) is 25.7 Å². The molecule has 0 saturated heterocycles. The summed E-state index contributed by atoms with van der Waals surface area (Å²) in [4.78, 5) is 9.26. The average molecular weight is 423 g/mol. The molecule has 0 heterocycles. The Kier molecular flexibility index (Phi) is 7.56. The van der Waals surface area contributed by atoms with Gasteiger partial charge in [-0.05, 0) is 6.42 Å². The first-order chi connectivity index (χ1) is 11.7. The summed E-state index contributed by atoms with van der Waals surface area (Å²) in [6.07, 6.45) is 0.111. The molecule has 3 aromatic rings. The van der Waals surface area contributed by atoms with Gasteiger partial charge >= 0.3 is 121 Å². The maximum atomic E-state index is 9.26. The Labute approximate surface area is 150 Å². The van der Waals surface area contributed by atoms with Crippen LogP contribution in [0.2, 0.25) is 0 Å². The molecule has 0 spiro atoms. The van der Waals surface area contributed by atoms with Crippen LogP contribution < -0.4 is 15.8 Å². The van der Waals surface area contributed by atoms with Crippen molar-refractivity contribution in [2.24, 2.45) is 0 Å². The van der Waals surface area contributed by atoms with Gasteiger partial charge in [0.15, 0.2) is 0 Å². The number of hydrogen-bond acceptors (Lipinski definition) is 2. The fourth-order valence-electron chi connectivity index (χ4n) is 2.31. The van der Waals surface area contributed by atoms with E-state index in [4.69, 9.17) is 0 Å². The number of benzene rings is 3. The van der Waals surface area contributed by atoms with Gasteiger partial charge in [-0.15, -0.1) is 0 Å². The first-order valence-electron chi connectivity index (χ1n) is 7.95. The second-order valence-corrected chi connectivity index (χ2v) is 12.3. The first kappa shape index (κ1) is 18.3. The third-order valence-corrected chi connectivity index (χ3v) is 11.3. The van der Waals surface area contributed by atoms with Gasteiger partial charge in [-0.3, -0.25) is 0 Å². The predicted octanol–water partition coefficient (Wildman–Crippen LogP) is 1.35. The SMILES string of the molecule is CCC(=O)[O-].c1cc[c]([Sn+]([c]2ccccc2)[c]2ccccc2)cc1. The van der Waals surface area contributed by atoms with E-state index in [1.165, 1.54) is 17.7 Å². The van der Waals surface area contributed by atoms with E-state index in [0.29, 0.717) is 0 Å². The predicted molar refractivity (Wildman–Crippen MR) is 99.3 cm³/mol. The molecule has 0 aromatic heterocycles. The normalized spacial score (nSPS) is 9.54. The van der Waals surface area contributed by atoms with Gasteiger partial charge in [-0.1, -0.05) is 6.92 Å². The standard InChI is InChI=1S/3C6H5.C3H6O2.Sn/c3*1-2-4-6-5-3-1;1-2-3(4)5;/h3*1-5H;2H2,1H3,(H,4,5);/q;;;;+1/p-1. The minimum atomic E-state index is -1.98. The topological polar surface area (TPSA) is 40.1 Å². The summed E-state index contributed by atoms with van der Waals surface area (Å²) in [5.74, 6) is -0.995. The molecular formula is C21H20O2Sn. The van der Waals surface area contributed by atoms with E-state index in [2.05, 4.69) is 91.0 Å². The van der Waals surface area contributed by atoms with Crippen LogP contribution in [0.4, 0.5) is 0 Å². The fourth-order valence-corrected chi connectivity index (χ4v) is 9.67. The molecule has 2 nitrogen and oxygen atoms in total. The van der Waals surface area contributed by atoms with Crippen molar-refractivity contribution in [3.05, 3.63) is 91.0 Å². The van der Waals surface area contributed by atoms with Gasteiger partial charge in [0.25, 0.3) is 0 Å². The molecule has 24 heavy (non-hydrogen) atoms. The van der Waals surface area contributed by atoms with Crippen molar-refractivity contribution in [2.45, 2.75) is 13.3 Å². The summed E-state index contributed by atoms with van der Waals surface area (Å²) in [6.45, 7) is 1.54. The van der Waals surface area contributed by atoms with Crippen molar-refractivity contribution < 1.29 is 9.90 Å². The summed E-state index contributed by atoms with van der Waals surface area (Å²) in [5, 5.41) is 9.26. The van der Waals surface area contributed by atoms with Crippen molar-refractivity contribution in [3.63, 3.8) is 0 Å². The number of hydrogen-bond donors (Lipinski definition) is 0. The van der Waals surface area contributed by atoms with Crippen molar-refractivity contribution in [1.29, 1.82) is 0 Å². The molecule has 0 fully saturated rings. The number of aliphatic carboxylic acids is 1. The van der Waals surface area contributed by atoms with Crippen LogP contribution in [0.1, 0.15) is 13.3 Å². The quantitative estimate of drug-likeness (QED) is 0.595. The van der Waals surface area contributed by atoms with Gasteiger partial charge in [0.2, 0.25) is 0 Å². The average Bonchev–Trinajstić information content (AvgIpc) is 2.65. The zero-order chi connectivity index (χ0) is 17.2. The molecule has 0 aliphatic rings. The first-order valence-corrected chi connectivity index (χ1v) is 12.2. The van der Waals surface area contributed by atoms with Gasteiger partial charge in [0.05, 0.1) is 0 Å². The Morgan fingerprint density at radius 1 is 0.708 bits per heavy atom. The fraction of sp³-hybridized carbons (Fsp3) is 0.0952. The van der Waals surface area contributed by atoms with Crippen LogP contribution in [0.25, 0.3) is 0 Å². The molecule has 120 valence electrons. The van der Waals surface area contributed by atoms with Crippen LogP contribution >= 0.6 is 0 Å². The van der Waals surface area contributed by atoms with E-state index < -0.39 is 25.7 Å². The molecule has 0 unspecified atom stereocenters. The van der Waals surface area contributed by atoms with Crippen molar-refractivity contribution >= 4 is 36.5 Å².